The minimum atomic E-state index is 0.423. The van der Waals surface area contributed by atoms with E-state index in [1.165, 1.54) is 17.5 Å². The standard InChI is InChI=1S/C17H18BrN/c1-12(13-5-3-2-4-6-13)19-17-11-16(17)14-7-9-15(18)10-8-14/h2-10,12,16-17,19H,11H2,1H3. The summed E-state index contributed by atoms with van der Waals surface area (Å²) in [5.74, 6) is 0.680. The average Bonchev–Trinajstić information content (AvgIpc) is 3.20. The minimum Gasteiger partial charge on any atom is -0.307 e. The summed E-state index contributed by atoms with van der Waals surface area (Å²) in [6.45, 7) is 2.24. The van der Waals surface area contributed by atoms with Crippen molar-refractivity contribution in [2.75, 3.05) is 0 Å². The van der Waals surface area contributed by atoms with Crippen LogP contribution in [0.15, 0.2) is 59.1 Å². The van der Waals surface area contributed by atoms with Gasteiger partial charge in [-0.15, -0.1) is 0 Å². The van der Waals surface area contributed by atoms with Gasteiger partial charge in [0, 0.05) is 22.5 Å². The van der Waals surface area contributed by atoms with Gasteiger partial charge >= 0.3 is 0 Å². The molecule has 1 nitrogen and oxygen atoms in total. The highest BCUT2D eigenvalue weighted by Gasteiger charge is 2.38. The summed E-state index contributed by atoms with van der Waals surface area (Å²) in [7, 11) is 0. The summed E-state index contributed by atoms with van der Waals surface area (Å²) in [5, 5.41) is 3.72. The van der Waals surface area contributed by atoms with Gasteiger partial charge in [-0.25, -0.2) is 0 Å². The van der Waals surface area contributed by atoms with Crippen molar-refractivity contribution in [3.63, 3.8) is 0 Å². The first-order chi connectivity index (χ1) is 9.24. The van der Waals surface area contributed by atoms with Crippen LogP contribution in [0.1, 0.15) is 36.4 Å². The smallest absolute Gasteiger partial charge is 0.0294 e. The predicted molar refractivity (Wildman–Crippen MR) is 83.3 cm³/mol. The molecule has 98 valence electrons. The molecule has 1 aliphatic carbocycles. The van der Waals surface area contributed by atoms with Gasteiger partial charge < -0.3 is 5.32 Å². The molecule has 0 bridgehead atoms. The maximum Gasteiger partial charge on any atom is 0.0294 e. The summed E-state index contributed by atoms with van der Waals surface area (Å²) in [6, 6.07) is 20.4. The first kappa shape index (κ1) is 12.9. The van der Waals surface area contributed by atoms with Crippen LogP contribution in [0.4, 0.5) is 0 Å². The van der Waals surface area contributed by atoms with Crippen molar-refractivity contribution in [1.29, 1.82) is 0 Å². The van der Waals surface area contributed by atoms with Crippen LogP contribution in [0.2, 0.25) is 0 Å². The highest BCUT2D eigenvalue weighted by Crippen LogP contribution is 2.42. The van der Waals surface area contributed by atoms with Crippen molar-refractivity contribution in [3.8, 4) is 0 Å². The lowest BCUT2D eigenvalue weighted by atomic mass is 10.1. The molecular weight excluding hydrogens is 298 g/mol. The van der Waals surface area contributed by atoms with Gasteiger partial charge in [0.05, 0.1) is 0 Å². The molecule has 0 radical (unpaired) electrons. The Labute approximate surface area is 123 Å². The normalized spacial score (nSPS) is 23.1. The van der Waals surface area contributed by atoms with E-state index in [9.17, 15) is 0 Å². The third kappa shape index (κ3) is 3.07. The fourth-order valence-corrected chi connectivity index (χ4v) is 2.88. The number of halogens is 1. The van der Waals surface area contributed by atoms with Crippen molar-refractivity contribution in [2.45, 2.75) is 31.3 Å². The third-order valence-electron chi connectivity index (χ3n) is 3.85. The largest absolute Gasteiger partial charge is 0.307 e. The first-order valence-corrected chi connectivity index (χ1v) is 7.60. The first-order valence-electron chi connectivity index (χ1n) is 6.80. The lowest BCUT2D eigenvalue weighted by Crippen LogP contribution is -2.22. The summed E-state index contributed by atoms with van der Waals surface area (Å²) in [6.07, 6.45) is 1.25. The molecule has 0 aliphatic heterocycles. The van der Waals surface area contributed by atoms with E-state index in [2.05, 4.69) is 82.8 Å². The van der Waals surface area contributed by atoms with Gasteiger partial charge in [-0.05, 0) is 36.6 Å². The SMILES string of the molecule is CC(NC1CC1c1ccc(Br)cc1)c1ccccc1. The van der Waals surface area contributed by atoms with Crippen LogP contribution in [0.3, 0.4) is 0 Å². The zero-order chi connectivity index (χ0) is 13.2. The van der Waals surface area contributed by atoms with Crippen molar-refractivity contribution in [3.05, 3.63) is 70.2 Å². The molecule has 1 saturated carbocycles. The molecule has 0 aromatic heterocycles. The fourth-order valence-electron chi connectivity index (χ4n) is 2.62. The van der Waals surface area contributed by atoms with Gasteiger partial charge in [0.2, 0.25) is 0 Å². The second-order valence-corrected chi connectivity index (χ2v) is 6.21. The summed E-state index contributed by atoms with van der Waals surface area (Å²) in [4.78, 5) is 0. The number of rotatable bonds is 4. The molecule has 1 aliphatic rings. The summed E-state index contributed by atoms with van der Waals surface area (Å²) < 4.78 is 1.15. The zero-order valence-electron chi connectivity index (χ0n) is 11.0. The zero-order valence-corrected chi connectivity index (χ0v) is 12.6. The quantitative estimate of drug-likeness (QED) is 0.865. The van der Waals surface area contributed by atoms with Crippen LogP contribution in [-0.2, 0) is 0 Å². The number of hydrogen-bond donors (Lipinski definition) is 1. The number of hydrogen-bond acceptors (Lipinski definition) is 1. The topological polar surface area (TPSA) is 12.0 Å². The van der Waals surface area contributed by atoms with Crippen LogP contribution in [-0.4, -0.2) is 6.04 Å². The lowest BCUT2D eigenvalue weighted by molar-refractivity contribution is 0.563. The Kier molecular flexibility index (Phi) is 3.72. The Balaban J connectivity index is 1.60. The second-order valence-electron chi connectivity index (χ2n) is 5.30. The molecular formula is C17H18BrN. The monoisotopic (exact) mass is 315 g/mol. The van der Waals surface area contributed by atoms with E-state index >= 15 is 0 Å². The van der Waals surface area contributed by atoms with Crippen molar-refractivity contribution < 1.29 is 0 Å². The van der Waals surface area contributed by atoms with Gasteiger partial charge in [-0.3, -0.25) is 0 Å². The Morgan fingerprint density at radius 1 is 1.05 bits per heavy atom. The molecule has 1 N–H and O–H groups in total. The van der Waals surface area contributed by atoms with Crippen molar-refractivity contribution >= 4 is 15.9 Å². The molecule has 2 aromatic rings. The van der Waals surface area contributed by atoms with Gasteiger partial charge in [-0.2, -0.15) is 0 Å². The Morgan fingerprint density at radius 2 is 1.74 bits per heavy atom. The minimum absolute atomic E-state index is 0.423. The van der Waals surface area contributed by atoms with Gasteiger partial charge in [-0.1, -0.05) is 58.4 Å². The molecule has 3 atom stereocenters. The van der Waals surface area contributed by atoms with Crippen LogP contribution >= 0.6 is 15.9 Å². The van der Waals surface area contributed by atoms with Crippen molar-refractivity contribution in [2.24, 2.45) is 0 Å². The Hall–Kier alpha value is -1.12. The van der Waals surface area contributed by atoms with E-state index < -0.39 is 0 Å². The number of benzene rings is 2. The van der Waals surface area contributed by atoms with Gasteiger partial charge in [0.25, 0.3) is 0 Å². The van der Waals surface area contributed by atoms with Gasteiger partial charge in [0.15, 0.2) is 0 Å². The summed E-state index contributed by atoms with van der Waals surface area (Å²) >= 11 is 3.49. The van der Waals surface area contributed by atoms with E-state index in [4.69, 9.17) is 0 Å². The van der Waals surface area contributed by atoms with Crippen LogP contribution in [0, 0.1) is 0 Å². The molecule has 0 heterocycles. The molecule has 0 saturated heterocycles. The summed E-state index contributed by atoms with van der Waals surface area (Å²) in [5.41, 5.74) is 2.81. The second kappa shape index (κ2) is 5.48. The fraction of sp³-hybridized carbons (Fsp3) is 0.294. The average molecular weight is 316 g/mol. The molecule has 0 amide bonds. The van der Waals surface area contributed by atoms with Crippen LogP contribution in [0.5, 0.6) is 0 Å². The van der Waals surface area contributed by atoms with E-state index in [0.29, 0.717) is 18.0 Å². The van der Waals surface area contributed by atoms with E-state index in [-0.39, 0.29) is 0 Å². The van der Waals surface area contributed by atoms with Crippen molar-refractivity contribution in [1.82, 2.24) is 5.32 Å². The molecule has 19 heavy (non-hydrogen) atoms. The van der Waals surface area contributed by atoms with Crippen LogP contribution in [0.25, 0.3) is 0 Å². The van der Waals surface area contributed by atoms with Crippen LogP contribution < -0.4 is 5.32 Å². The maximum absolute atomic E-state index is 3.72. The molecule has 2 heteroatoms. The lowest BCUT2D eigenvalue weighted by Gasteiger charge is -2.14. The molecule has 0 spiro atoms. The molecule has 3 rings (SSSR count). The Morgan fingerprint density at radius 3 is 2.42 bits per heavy atom. The Bertz CT molecular complexity index is 535. The highest BCUT2D eigenvalue weighted by molar-refractivity contribution is 9.10. The van der Waals surface area contributed by atoms with E-state index in [1.807, 2.05) is 0 Å². The van der Waals surface area contributed by atoms with E-state index in [0.717, 1.165) is 4.47 Å². The van der Waals surface area contributed by atoms with Gasteiger partial charge in [0.1, 0.15) is 0 Å². The molecule has 1 fully saturated rings. The molecule has 3 unspecified atom stereocenters. The predicted octanol–water partition coefficient (Wildman–Crippen LogP) is 4.66. The van der Waals surface area contributed by atoms with E-state index in [1.54, 1.807) is 0 Å². The number of nitrogens with one attached hydrogen (secondary N) is 1. The maximum atomic E-state index is 3.72. The third-order valence-corrected chi connectivity index (χ3v) is 4.38. The highest BCUT2D eigenvalue weighted by atomic mass is 79.9. The molecule has 2 aromatic carbocycles.